The highest BCUT2D eigenvalue weighted by molar-refractivity contribution is 6.30. The van der Waals surface area contributed by atoms with Crippen LogP contribution in [0, 0.1) is 6.92 Å². The number of carbonyl (C=O) groups excluding carboxylic acids is 2. The van der Waals surface area contributed by atoms with Crippen LogP contribution in [0.3, 0.4) is 0 Å². The molecule has 2 heterocycles. The standard InChI is InChI=1S/C31H32ClN3O4/c1-4-39-29-8-6-5-7-28(29)33-15-17-34(18-16-33)30(36)20-25-21(2)35(27-14-13-24(38-3)19-26(25)27)31(37)22-9-11-23(32)12-10-22/h5-14,19H,4,15-18,20H2,1-3H3. The number of halogens is 1. The number of ether oxygens (including phenoxy) is 2. The van der Waals surface area contributed by atoms with E-state index in [4.69, 9.17) is 21.1 Å². The van der Waals surface area contributed by atoms with Crippen molar-refractivity contribution >= 4 is 40.0 Å². The summed E-state index contributed by atoms with van der Waals surface area (Å²) in [6.45, 7) is 7.15. The number of nitrogens with zero attached hydrogens (tertiary/aromatic N) is 3. The maximum Gasteiger partial charge on any atom is 0.262 e. The van der Waals surface area contributed by atoms with Crippen LogP contribution in [0.2, 0.25) is 5.02 Å². The van der Waals surface area contributed by atoms with Crippen LogP contribution in [0.1, 0.15) is 28.5 Å². The number of aromatic nitrogens is 1. The molecule has 0 saturated carbocycles. The number of hydrogen-bond acceptors (Lipinski definition) is 5. The summed E-state index contributed by atoms with van der Waals surface area (Å²) in [5, 5.41) is 1.41. The zero-order valence-corrected chi connectivity index (χ0v) is 23.2. The van der Waals surface area contributed by atoms with Gasteiger partial charge in [0.25, 0.3) is 5.91 Å². The first-order valence-corrected chi connectivity index (χ1v) is 13.5. The van der Waals surface area contributed by atoms with Gasteiger partial charge in [-0.05, 0) is 74.0 Å². The molecule has 0 aliphatic carbocycles. The lowest BCUT2D eigenvalue weighted by Crippen LogP contribution is -2.49. The number of carbonyl (C=O) groups is 2. The van der Waals surface area contributed by atoms with Crippen LogP contribution in [0.15, 0.2) is 66.7 Å². The first-order chi connectivity index (χ1) is 18.9. The topological polar surface area (TPSA) is 64.0 Å². The second kappa shape index (κ2) is 11.4. The van der Waals surface area contributed by atoms with E-state index >= 15 is 0 Å². The fourth-order valence-electron chi connectivity index (χ4n) is 5.25. The molecule has 0 N–H and O–H groups in total. The Morgan fingerprint density at radius 1 is 0.949 bits per heavy atom. The molecule has 0 unspecified atom stereocenters. The number of anilines is 1. The maximum absolute atomic E-state index is 13.6. The first-order valence-electron chi connectivity index (χ1n) is 13.1. The molecule has 202 valence electrons. The highest BCUT2D eigenvalue weighted by atomic mass is 35.5. The Morgan fingerprint density at radius 2 is 1.67 bits per heavy atom. The van der Waals surface area contributed by atoms with Gasteiger partial charge < -0.3 is 19.3 Å². The normalized spacial score (nSPS) is 13.5. The summed E-state index contributed by atoms with van der Waals surface area (Å²) in [5.74, 6) is 1.41. The number of rotatable bonds is 7. The summed E-state index contributed by atoms with van der Waals surface area (Å²) in [4.78, 5) is 31.3. The van der Waals surface area contributed by atoms with Gasteiger partial charge in [0.15, 0.2) is 0 Å². The van der Waals surface area contributed by atoms with Crippen molar-refractivity contribution in [2.24, 2.45) is 0 Å². The summed E-state index contributed by atoms with van der Waals surface area (Å²) in [6, 6.07) is 20.5. The van der Waals surface area contributed by atoms with E-state index in [1.165, 1.54) is 0 Å². The van der Waals surface area contributed by atoms with Crippen molar-refractivity contribution in [3.8, 4) is 11.5 Å². The number of hydrogen-bond donors (Lipinski definition) is 0. The number of para-hydroxylation sites is 2. The molecule has 1 aromatic heterocycles. The summed E-state index contributed by atoms with van der Waals surface area (Å²) in [5.41, 5.74) is 3.90. The Kier molecular flexibility index (Phi) is 7.79. The summed E-state index contributed by atoms with van der Waals surface area (Å²) in [7, 11) is 1.61. The number of piperazine rings is 1. The first kappa shape index (κ1) is 26.6. The lowest BCUT2D eigenvalue weighted by atomic mass is 10.1. The number of amides is 1. The third-order valence-electron chi connectivity index (χ3n) is 7.30. The van der Waals surface area contributed by atoms with Gasteiger partial charge in [-0.15, -0.1) is 0 Å². The summed E-state index contributed by atoms with van der Waals surface area (Å²) in [6.07, 6.45) is 0.200. The molecule has 3 aromatic carbocycles. The summed E-state index contributed by atoms with van der Waals surface area (Å²) < 4.78 is 13.0. The molecule has 0 atom stereocenters. The number of methoxy groups -OCH3 is 1. The van der Waals surface area contributed by atoms with Crippen molar-refractivity contribution in [2.45, 2.75) is 20.3 Å². The maximum atomic E-state index is 13.6. The Balaban J connectivity index is 1.39. The molecule has 39 heavy (non-hydrogen) atoms. The minimum Gasteiger partial charge on any atom is -0.497 e. The third kappa shape index (κ3) is 5.32. The van der Waals surface area contributed by atoms with E-state index in [9.17, 15) is 9.59 Å². The molecule has 1 saturated heterocycles. The minimum atomic E-state index is -0.167. The molecule has 0 bridgehead atoms. The van der Waals surface area contributed by atoms with Gasteiger partial charge in [-0.1, -0.05) is 23.7 Å². The van der Waals surface area contributed by atoms with Crippen LogP contribution in [0.5, 0.6) is 11.5 Å². The van der Waals surface area contributed by atoms with E-state index in [0.29, 0.717) is 36.0 Å². The van der Waals surface area contributed by atoms with Crippen molar-refractivity contribution < 1.29 is 19.1 Å². The van der Waals surface area contributed by atoms with Crippen LogP contribution < -0.4 is 14.4 Å². The average molecular weight is 546 g/mol. The van der Waals surface area contributed by atoms with E-state index in [2.05, 4.69) is 11.0 Å². The van der Waals surface area contributed by atoms with Crippen molar-refractivity contribution in [1.29, 1.82) is 0 Å². The molecule has 1 aliphatic heterocycles. The fourth-order valence-corrected chi connectivity index (χ4v) is 5.38. The van der Waals surface area contributed by atoms with Gasteiger partial charge in [0, 0.05) is 47.8 Å². The molecule has 1 amide bonds. The number of fused-ring (bicyclic) bond motifs is 1. The zero-order valence-electron chi connectivity index (χ0n) is 22.4. The quantitative estimate of drug-likeness (QED) is 0.303. The third-order valence-corrected chi connectivity index (χ3v) is 7.55. The predicted octanol–water partition coefficient (Wildman–Crippen LogP) is 5.59. The van der Waals surface area contributed by atoms with Crippen LogP contribution >= 0.6 is 11.6 Å². The molecule has 1 fully saturated rings. The minimum absolute atomic E-state index is 0.0386. The molecule has 8 heteroatoms. The second-order valence-electron chi connectivity index (χ2n) is 9.54. The van der Waals surface area contributed by atoms with Crippen molar-refractivity contribution in [2.75, 3.05) is 44.8 Å². The van der Waals surface area contributed by atoms with Crippen LogP contribution in [-0.4, -0.2) is 61.2 Å². The number of benzene rings is 3. The van der Waals surface area contributed by atoms with Crippen LogP contribution in [0.25, 0.3) is 10.9 Å². The predicted molar refractivity (Wildman–Crippen MR) is 155 cm³/mol. The highest BCUT2D eigenvalue weighted by Gasteiger charge is 2.26. The van der Waals surface area contributed by atoms with Gasteiger partial charge in [0.2, 0.25) is 5.91 Å². The Hall–Kier alpha value is -3.97. The molecule has 0 spiro atoms. The molecule has 5 rings (SSSR count). The van der Waals surface area contributed by atoms with Gasteiger partial charge in [0.1, 0.15) is 11.5 Å². The lowest BCUT2D eigenvalue weighted by Gasteiger charge is -2.36. The molecule has 1 aliphatic rings. The molecule has 0 radical (unpaired) electrons. The average Bonchev–Trinajstić information content (AvgIpc) is 3.23. The van der Waals surface area contributed by atoms with Crippen molar-refractivity contribution in [3.63, 3.8) is 0 Å². The van der Waals surface area contributed by atoms with Gasteiger partial charge in [-0.25, -0.2) is 0 Å². The van der Waals surface area contributed by atoms with Crippen molar-refractivity contribution in [1.82, 2.24) is 9.47 Å². The van der Waals surface area contributed by atoms with Crippen LogP contribution in [0.4, 0.5) is 5.69 Å². The van der Waals surface area contributed by atoms with Crippen molar-refractivity contribution in [3.05, 3.63) is 88.6 Å². The fraction of sp³-hybridized carbons (Fsp3) is 0.290. The SMILES string of the molecule is CCOc1ccccc1N1CCN(C(=O)Cc2c(C)n(C(=O)c3ccc(Cl)cc3)c3ccc(OC)cc23)CC1. The Morgan fingerprint density at radius 3 is 2.36 bits per heavy atom. The Bertz CT molecular complexity index is 1500. The van der Waals surface area contributed by atoms with Gasteiger partial charge in [0.05, 0.1) is 31.3 Å². The van der Waals surface area contributed by atoms with E-state index in [1.807, 2.05) is 55.1 Å². The van der Waals surface area contributed by atoms with Gasteiger partial charge >= 0.3 is 0 Å². The molecular formula is C31H32ClN3O4. The molecule has 7 nitrogen and oxygen atoms in total. The Labute approximate surface area is 233 Å². The van der Waals surface area contributed by atoms with E-state index in [1.54, 1.807) is 35.9 Å². The molecule has 4 aromatic rings. The lowest BCUT2D eigenvalue weighted by molar-refractivity contribution is -0.130. The smallest absolute Gasteiger partial charge is 0.262 e. The van der Waals surface area contributed by atoms with E-state index < -0.39 is 0 Å². The molecular weight excluding hydrogens is 514 g/mol. The van der Waals surface area contributed by atoms with Crippen LogP contribution in [-0.2, 0) is 11.2 Å². The largest absolute Gasteiger partial charge is 0.497 e. The zero-order chi connectivity index (χ0) is 27.5. The summed E-state index contributed by atoms with van der Waals surface area (Å²) >= 11 is 6.04. The highest BCUT2D eigenvalue weighted by Crippen LogP contribution is 2.32. The monoisotopic (exact) mass is 545 g/mol. The van der Waals surface area contributed by atoms with Gasteiger partial charge in [-0.2, -0.15) is 0 Å². The van der Waals surface area contributed by atoms with E-state index in [0.717, 1.165) is 46.7 Å². The van der Waals surface area contributed by atoms with E-state index in [-0.39, 0.29) is 18.2 Å². The second-order valence-corrected chi connectivity index (χ2v) is 9.98. The van der Waals surface area contributed by atoms with Gasteiger partial charge in [-0.3, -0.25) is 14.2 Å².